The minimum atomic E-state index is -1.55. The third-order valence-electron chi connectivity index (χ3n) is 0.0589. The maximum absolute atomic E-state index is 9.26. The van der Waals surface area contributed by atoms with Crippen LogP contribution in [0.4, 0.5) is 0 Å². The Bertz CT molecular complexity index is 40.1. The van der Waals surface area contributed by atoms with Gasteiger partial charge in [0.25, 0.3) is 0 Å². The van der Waals surface area contributed by atoms with Gasteiger partial charge in [-0.2, -0.15) is 0 Å². The van der Waals surface area contributed by atoms with Crippen molar-refractivity contribution in [2.45, 2.75) is 0 Å². The van der Waals surface area contributed by atoms with Gasteiger partial charge in [0.15, 0.2) is 0 Å². The molecule has 0 heterocycles. The van der Waals surface area contributed by atoms with Crippen molar-refractivity contribution in [2.75, 3.05) is 0 Å². The van der Waals surface area contributed by atoms with Gasteiger partial charge in [-0.1, -0.05) is 0 Å². The van der Waals surface area contributed by atoms with Gasteiger partial charge in [0.2, 0.25) is 0 Å². The molecule has 6 heavy (non-hydrogen) atoms. The topological polar surface area (TPSA) is 51.2 Å². The molecule has 6 heteroatoms. The Kier molecular flexibility index (Phi) is 29.0. The van der Waals surface area contributed by atoms with E-state index in [1.165, 1.54) is 0 Å². The molecule has 0 aromatic rings. The van der Waals surface area contributed by atoms with Crippen LogP contribution in [0.3, 0.4) is 0 Å². The van der Waals surface area contributed by atoms with Crippen LogP contribution < -0.4 is 0 Å². The molecule has 0 N–H and O–H groups in total. The first-order valence-electron chi connectivity index (χ1n) is 1.14. The van der Waals surface area contributed by atoms with Crippen LogP contribution in [0.25, 0.3) is 0 Å². The number of rotatable bonds is 1. The third kappa shape index (κ3) is 16.3. The van der Waals surface area contributed by atoms with E-state index in [-0.39, 0.29) is 24.4 Å². The average Bonchev–Trinajstić information content (AvgIpc) is 1.72. The Morgan fingerprint density at radius 3 is 1.67 bits per heavy atom. The Hall–Kier alpha value is 2.27. The summed E-state index contributed by atoms with van der Waals surface area (Å²) in [6.07, 6.45) is 0. The molecule has 0 saturated carbocycles. The van der Waals surface area contributed by atoms with Gasteiger partial charge in [0.05, 0.1) is 0 Å². The summed E-state index contributed by atoms with van der Waals surface area (Å²) in [7, 11) is -1.50. The van der Waals surface area contributed by atoms with E-state index < -0.39 is 43.1 Å². The van der Waals surface area contributed by atoms with E-state index in [2.05, 4.69) is 0 Å². The molecule has 0 radical (unpaired) electrons. The predicted octanol–water partition coefficient (Wildman–Crippen LogP) is -1.01. The Morgan fingerprint density at radius 1 is 1.50 bits per heavy atom. The molecule has 0 aliphatic rings. The van der Waals surface area contributed by atoms with Gasteiger partial charge < -0.3 is 0 Å². The monoisotopic (exact) mass is 368 g/mol. The van der Waals surface area contributed by atoms with Crippen molar-refractivity contribution >= 4 is 24.4 Å². The van der Waals surface area contributed by atoms with Gasteiger partial charge in [-0.15, -0.1) is 0 Å². The van der Waals surface area contributed by atoms with Gasteiger partial charge in [-0.05, 0) is 0 Å². The zero-order valence-electron chi connectivity index (χ0n) is 3.14. The van der Waals surface area contributed by atoms with E-state index in [1.54, 1.807) is 0 Å². The standard InChI is InChI=1S/Ce.In.3O.Zn.H. The summed E-state index contributed by atoms with van der Waals surface area (Å²) in [6, 6.07) is 0. The van der Waals surface area contributed by atoms with Crippen LogP contribution >= 0.6 is 0 Å². The summed E-state index contributed by atoms with van der Waals surface area (Å²) in [4.78, 5) is 0. The molecule has 0 atom stereocenters. The van der Waals surface area contributed by atoms with Gasteiger partial charge in [0, 0.05) is 0 Å². The summed E-state index contributed by atoms with van der Waals surface area (Å²) >= 11 is -1.65. The van der Waals surface area contributed by atoms with E-state index in [0.29, 0.717) is 0 Å². The zero-order valence-corrected chi connectivity index (χ0v) is 13.3. The van der Waals surface area contributed by atoms with Crippen LogP contribution in [-0.2, 0) is 16.7 Å². The van der Waals surface area contributed by atoms with Crippen molar-refractivity contribution in [3.05, 3.63) is 0 Å². The fraction of sp³-hybridized carbons (Fsp3) is 0. The van der Waals surface area contributed by atoms with Crippen LogP contribution in [0.15, 0.2) is 0 Å². The molecular formula is HCeInO3Zn. The SMILES string of the molecule is [O]=[InH].[O]=[Zn][Ce]=[O]. The first-order valence-corrected chi connectivity index (χ1v) is 18.3. The van der Waals surface area contributed by atoms with Crippen LogP contribution in [0.5, 0.6) is 0 Å². The Balaban J connectivity index is 0. The maximum atomic E-state index is 9.26. The average molecular weight is 369 g/mol. The quantitative estimate of drug-likeness (QED) is 0.557. The van der Waals surface area contributed by atoms with Crippen molar-refractivity contribution in [1.82, 2.24) is 0 Å². The van der Waals surface area contributed by atoms with Crippen molar-refractivity contribution in [3.63, 3.8) is 0 Å². The summed E-state index contributed by atoms with van der Waals surface area (Å²) in [5.41, 5.74) is 0. The van der Waals surface area contributed by atoms with Crippen molar-refractivity contribution in [2.24, 2.45) is 0 Å². The molecule has 0 amide bonds. The molecule has 0 bridgehead atoms. The molecular weight excluding hydrogens is 368 g/mol. The van der Waals surface area contributed by atoms with Crippen molar-refractivity contribution < 1.29 is 50.4 Å². The predicted molar refractivity (Wildman–Crippen MR) is 9.21 cm³/mol. The van der Waals surface area contributed by atoms with Gasteiger partial charge in [0.1, 0.15) is 0 Å². The Morgan fingerprint density at radius 2 is 1.67 bits per heavy atom. The zero-order chi connectivity index (χ0) is 5.41. The molecule has 0 aromatic heterocycles. The second kappa shape index (κ2) is 15.7. The van der Waals surface area contributed by atoms with Crippen LogP contribution in [-0.4, -0.2) is 24.4 Å². The fourth-order valence-corrected chi connectivity index (χ4v) is 0. The Labute approximate surface area is 72.8 Å². The van der Waals surface area contributed by atoms with E-state index >= 15 is 0 Å². The minimum absolute atomic E-state index is 0.1000. The van der Waals surface area contributed by atoms with Crippen molar-refractivity contribution in [3.8, 4) is 0 Å². The first-order chi connectivity index (χ1) is 2.91. The molecule has 0 spiro atoms. The van der Waals surface area contributed by atoms with E-state index in [1.807, 2.05) is 0 Å². The summed E-state index contributed by atoms with van der Waals surface area (Å²) < 4.78 is 26.9. The van der Waals surface area contributed by atoms with Gasteiger partial charge in [-0.25, -0.2) is 0 Å². The van der Waals surface area contributed by atoms with Crippen LogP contribution in [0.2, 0.25) is 0 Å². The fourth-order valence-electron chi connectivity index (χ4n) is 0. The van der Waals surface area contributed by atoms with E-state index in [9.17, 15) is 4.51 Å². The third-order valence-corrected chi connectivity index (χ3v) is 2.23. The number of hydrogen-bond acceptors (Lipinski definition) is 3. The van der Waals surface area contributed by atoms with E-state index in [4.69, 9.17) is 2.85 Å². The molecule has 0 saturated heterocycles. The van der Waals surface area contributed by atoms with E-state index in [0.717, 1.165) is 0 Å². The van der Waals surface area contributed by atoms with Gasteiger partial charge >= 0.3 is 74.8 Å². The van der Waals surface area contributed by atoms with Gasteiger partial charge in [-0.3, -0.25) is 0 Å². The molecule has 0 fully saturated rings. The van der Waals surface area contributed by atoms with Crippen molar-refractivity contribution in [1.29, 1.82) is 0 Å². The normalized spacial score (nSPS) is 2.50. The second-order valence-corrected chi connectivity index (χ2v) is 10.9. The molecule has 0 unspecified atom stereocenters. The summed E-state index contributed by atoms with van der Waals surface area (Å²) in [6.45, 7) is 0. The molecule has 0 aromatic carbocycles. The summed E-state index contributed by atoms with van der Waals surface area (Å²) in [5, 5.41) is 0. The second-order valence-electron chi connectivity index (χ2n) is 0.289. The first kappa shape index (κ1) is 11.1. The molecule has 0 rings (SSSR count). The van der Waals surface area contributed by atoms with Crippen LogP contribution in [0.1, 0.15) is 0 Å². The summed E-state index contributed by atoms with van der Waals surface area (Å²) in [5.74, 6) is 0. The molecule has 0 aliphatic carbocycles. The van der Waals surface area contributed by atoms with Crippen LogP contribution in [0, 0.1) is 33.7 Å². The molecule has 28 valence electrons. The molecule has 3 nitrogen and oxygen atoms in total. The molecule has 0 aliphatic heterocycles. The number of hydrogen-bond donors (Lipinski definition) is 0.